The fraction of sp³-hybridized carbons (Fsp3) is 0.778. The molecule has 0 spiro atoms. The monoisotopic (exact) mass is 288 g/mol. The molecule has 0 aromatic heterocycles. The molecular formula is C18H24O3. The zero-order valence-electron chi connectivity index (χ0n) is 13.0. The van der Waals surface area contributed by atoms with Gasteiger partial charge in [-0.05, 0) is 62.4 Å². The predicted molar refractivity (Wildman–Crippen MR) is 78.4 cm³/mol. The molecule has 5 atom stereocenters. The number of ether oxygens (including phenoxy) is 1. The van der Waals surface area contributed by atoms with Crippen LogP contribution in [0, 0.1) is 28.6 Å². The molecule has 3 aliphatic carbocycles. The second-order valence-corrected chi connectivity index (χ2v) is 8.02. The molecule has 21 heavy (non-hydrogen) atoms. The Kier molecular flexibility index (Phi) is 2.71. The zero-order valence-corrected chi connectivity index (χ0v) is 13.0. The van der Waals surface area contributed by atoms with Crippen LogP contribution in [0.2, 0.25) is 0 Å². The average Bonchev–Trinajstić information content (AvgIpc) is 2.76. The molecule has 3 nitrogen and oxygen atoms in total. The van der Waals surface area contributed by atoms with Gasteiger partial charge in [-0.25, -0.2) is 0 Å². The van der Waals surface area contributed by atoms with Crippen LogP contribution >= 0.6 is 0 Å². The van der Waals surface area contributed by atoms with Gasteiger partial charge < -0.3 is 4.74 Å². The van der Waals surface area contributed by atoms with Crippen molar-refractivity contribution in [3.8, 4) is 0 Å². The lowest BCUT2D eigenvalue weighted by molar-refractivity contribution is -0.148. The molecule has 3 heteroatoms. The fourth-order valence-corrected chi connectivity index (χ4v) is 5.77. The van der Waals surface area contributed by atoms with Crippen molar-refractivity contribution < 1.29 is 14.3 Å². The molecule has 0 amide bonds. The Morgan fingerprint density at radius 2 is 1.86 bits per heavy atom. The molecule has 1 heterocycles. The van der Waals surface area contributed by atoms with E-state index in [1.54, 1.807) is 0 Å². The molecule has 4 aliphatic rings. The van der Waals surface area contributed by atoms with Crippen LogP contribution in [0.3, 0.4) is 0 Å². The van der Waals surface area contributed by atoms with Crippen LogP contribution in [-0.4, -0.2) is 18.4 Å². The van der Waals surface area contributed by atoms with Gasteiger partial charge in [-0.2, -0.15) is 0 Å². The third-order valence-corrected chi connectivity index (χ3v) is 7.21. The van der Waals surface area contributed by atoms with E-state index in [0.717, 1.165) is 32.1 Å². The number of fused-ring (bicyclic) bond motifs is 5. The highest BCUT2D eigenvalue weighted by Crippen LogP contribution is 2.62. The van der Waals surface area contributed by atoms with E-state index in [0.29, 0.717) is 36.6 Å². The van der Waals surface area contributed by atoms with Crippen LogP contribution in [0.4, 0.5) is 0 Å². The lowest BCUT2D eigenvalue weighted by atomic mass is 9.47. The van der Waals surface area contributed by atoms with Crippen molar-refractivity contribution in [3.63, 3.8) is 0 Å². The summed E-state index contributed by atoms with van der Waals surface area (Å²) in [7, 11) is 0. The van der Waals surface area contributed by atoms with Gasteiger partial charge >= 0.3 is 5.97 Å². The summed E-state index contributed by atoms with van der Waals surface area (Å²) in [5, 5.41) is 0. The number of esters is 1. The molecule has 3 fully saturated rings. The second-order valence-electron chi connectivity index (χ2n) is 8.02. The first-order valence-electron chi connectivity index (χ1n) is 8.36. The molecule has 0 N–H and O–H groups in total. The maximum absolute atomic E-state index is 12.1. The van der Waals surface area contributed by atoms with Crippen LogP contribution in [0.25, 0.3) is 0 Å². The summed E-state index contributed by atoms with van der Waals surface area (Å²) in [6.07, 6.45) is 7.84. The predicted octanol–water partition coefficient (Wildman–Crippen LogP) is 3.28. The van der Waals surface area contributed by atoms with Gasteiger partial charge in [0.25, 0.3) is 0 Å². The Labute approximate surface area is 126 Å². The Morgan fingerprint density at radius 1 is 1.05 bits per heavy atom. The summed E-state index contributed by atoms with van der Waals surface area (Å²) >= 11 is 0. The minimum Gasteiger partial charge on any atom is -0.465 e. The molecule has 0 unspecified atom stereocenters. The number of allylic oxidation sites excluding steroid dienone is 2. The summed E-state index contributed by atoms with van der Waals surface area (Å²) < 4.78 is 5.43. The van der Waals surface area contributed by atoms with E-state index in [4.69, 9.17) is 4.74 Å². The standard InChI is InChI=1S/C18H24O3/c1-17-7-5-12(19)9-11(17)3-4-13-14(17)6-8-18(2)15(13)10-21-16(18)20/h9,13-15H,3-8,10H2,1-2H3/t13-,14-,15+,17+,18+/m1/s1. The molecule has 0 radical (unpaired) electrons. The third-order valence-electron chi connectivity index (χ3n) is 7.21. The van der Waals surface area contributed by atoms with Crippen LogP contribution in [-0.2, 0) is 14.3 Å². The van der Waals surface area contributed by atoms with Crippen molar-refractivity contribution in [1.29, 1.82) is 0 Å². The number of hydrogen-bond donors (Lipinski definition) is 0. The first kappa shape index (κ1) is 13.5. The molecule has 0 aromatic rings. The maximum atomic E-state index is 12.1. The van der Waals surface area contributed by atoms with E-state index < -0.39 is 0 Å². The molecule has 0 aromatic carbocycles. The second kappa shape index (κ2) is 4.21. The number of hydrogen-bond acceptors (Lipinski definition) is 3. The van der Waals surface area contributed by atoms with Gasteiger partial charge in [-0.3, -0.25) is 9.59 Å². The number of ketones is 1. The number of cyclic esters (lactones) is 1. The van der Waals surface area contributed by atoms with Crippen LogP contribution < -0.4 is 0 Å². The van der Waals surface area contributed by atoms with Crippen LogP contribution in [0.1, 0.15) is 52.4 Å². The normalized spacial score (nSPS) is 48.9. The SMILES string of the molecule is C[C@]12CCC(=O)C=C1CC[C@@H]1[C@H]2CC[C@]2(C)C(=O)OC[C@@H]12. The minimum absolute atomic E-state index is 0.0243. The highest BCUT2D eigenvalue weighted by atomic mass is 16.5. The lowest BCUT2D eigenvalue weighted by Gasteiger charge is -2.55. The number of carbonyl (C=O) groups is 2. The Hall–Kier alpha value is -1.12. The molecule has 1 aliphatic heterocycles. The maximum Gasteiger partial charge on any atom is 0.312 e. The third kappa shape index (κ3) is 1.66. The summed E-state index contributed by atoms with van der Waals surface area (Å²) in [5.74, 6) is 1.93. The topological polar surface area (TPSA) is 43.4 Å². The molecule has 114 valence electrons. The van der Waals surface area contributed by atoms with Gasteiger partial charge in [0, 0.05) is 12.3 Å². The van der Waals surface area contributed by atoms with Crippen molar-refractivity contribution in [1.82, 2.24) is 0 Å². The average molecular weight is 288 g/mol. The molecule has 0 bridgehead atoms. The summed E-state index contributed by atoms with van der Waals surface area (Å²) in [6, 6.07) is 0. The first-order valence-corrected chi connectivity index (χ1v) is 8.36. The highest BCUT2D eigenvalue weighted by molar-refractivity contribution is 5.91. The Bertz CT molecular complexity index is 549. The number of rotatable bonds is 0. The summed E-state index contributed by atoms with van der Waals surface area (Å²) in [4.78, 5) is 23.9. The lowest BCUT2D eigenvalue weighted by Crippen LogP contribution is -2.51. The number of carbonyl (C=O) groups excluding carboxylic acids is 2. The molecular weight excluding hydrogens is 264 g/mol. The Balaban J connectivity index is 1.70. The van der Waals surface area contributed by atoms with Crippen LogP contribution in [0.5, 0.6) is 0 Å². The van der Waals surface area contributed by atoms with Crippen molar-refractivity contribution in [3.05, 3.63) is 11.6 Å². The van der Waals surface area contributed by atoms with Gasteiger partial charge in [0.15, 0.2) is 5.78 Å². The van der Waals surface area contributed by atoms with Gasteiger partial charge in [0.2, 0.25) is 0 Å². The first-order chi connectivity index (χ1) is 9.95. The van der Waals surface area contributed by atoms with Crippen molar-refractivity contribution in [2.45, 2.75) is 52.4 Å². The highest BCUT2D eigenvalue weighted by Gasteiger charge is 2.60. The van der Waals surface area contributed by atoms with E-state index in [1.165, 1.54) is 5.57 Å². The molecule has 1 saturated heterocycles. The van der Waals surface area contributed by atoms with Gasteiger partial charge in [0.1, 0.15) is 0 Å². The van der Waals surface area contributed by atoms with E-state index in [-0.39, 0.29) is 16.8 Å². The van der Waals surface area contributed by atoms with Gasteiger partial charge in [-0.15, -0.1) is 0 Å². The molecule has 2 saturated carbocycles. The van der Waals surface area contributed by atoms with Crippen molar-refractivity contribution in [2.24, 2.45) is 28.6 Å². The van der Waals surface area contributed by atoms with Crippen molar-refractivity contribution in [2.75, 3.05) is 6.61 Å². The minimum atomic E-state index is -0.247. The fourth-order valence-electron chi connectivity index (χ4n) is 5.77. The molecule has 4 rings (SSSR count). The van der Waals surface area contributed by atoms with E-state index in [1.807, 2.05) is 6.08 Å². The van der Waals surface area contributed by atoms with Gasteiger partial charge in [-0.1, -0.05) is 12.5 Å². The van der Waals surface area contributed by atoms with Crippen LogP contribution in [0.15, 0.2) is 11.6 Å². The summed E-state index contributed by atoms with van der Waals surface area (Å²) in [6.45, 7) is 5.09. The smallest absolute Gasteiger partial charge is 0.312 e. The Morgan fingerprint density at radius 3 is 2.67 bits per heavy atom. The zero-order chi connectivity index (χ0) is 14.8. The van der Waals surface area contributed by atoms with E-state index in [2.05, 4.69) is 13.8 Å². The van der Waals surface area contributed by atoms with E-state index >= 15 is 0 Å². The quantitative estimate of drug-likeness (QED) is 0.642. The van der Waals surface area contributed by atoms with Crippen molar-refractivity contribution >= 4 is 11.8 Å². The van der Waals surface area contributed by atoms with E-state index in [9.17, 15) is 9.59 Å². The largest absolute Gasteiger partial charge is 0.465 e. The summed E-state index contributed by atoms with van der Waals surface area (Å²) in [5.41, 5.74) is 1.32. The van der Waals surface area contributed by atoms with Gasteiger partial charge in [0.05, 0.1) is 12.0 Å².